The second kappa shape index (κ2) is 15.8. The molecule has 0 heterocycles. The monoisotopic (exact) mass is 754 g/mol. The van der Waals surface area contributed by atoms with Gasteiger partial charge in [-0.3, -0.25) is 0 Å². The molecule has 0 spiro atoms. The maximum atomic E-state index is 0. The predicted molar refractivity (Wildman–Crippen MR) is 17.3 cm³/mol. The van der Waals surface area contributed by atoms with Crippen LogP contribution in [0.1, 0.15) is 0 Å². The summed E-state index contributed by atoms with van der Waals surface area (Å²) in [5.41, 5.74) is 0. The van der Waals surface area contributed by atoms with E-state index >= 15 is 0 Å². The Morgan fingerprint density at radius 3 is 0.500 bits per heavy atom. The fourth-order valence-electron chi connectivity index (χ4n) is 0. The van der Waals surface area contributed by atoms with Gasteiger partial charge in [0.25, 0.3) is 0 Å². The van der Waals surface area contributed by atoms with Crippen LogP contribution in [0.5, 0.6) is 0 Å². The zero-order valence-electron chi connectivity index (χ0n) is 2.31. The largest absolute Gasteiger partial charge is 0 e. The van der Waals surface area contributed by atoms with Crippen molar-refractivity contribution in [1.82, 2.24) is 0 Å². The third-order valence-electron chi connectivity index (χ3n) is 0. The molecule has 0 unspecified atom stereocenters. The van der Waals surface area contributed by atoms with Crippen LogP contribution in [-0.4, -0.2) is 81.9 Å². The minimum absolute atomic E-state index is 0. The van der Waals surface area contributed by atoms with Crippen molar-refractivity contribution in [3.63, 3.8) is 0 Å². The Morgan fingerprint density at radius 1 is 0.500 bits per heavy atom. The Hall–Kier alpha value is 3.96. The molecule has 0 saturated carbocycles. The maximum absolute atomic E-state index is 0. The molecular weight excluding hydrogens is 752 g/mol. The van der Waals surface area contributed by atoms with Gasteiger partial charge in [-0.15, -0.1) is 0 Å². The van der Waals surface area contributed by atoms with E-state index in [2.05, 4.69) is 0 Å². The molecule has 0 N–H and O–H groups in total. The standard InChI is InChI=1S/La.3Tl. The Kier molecular flexibility index (Phi) is 96.9. The molecule has 0 fully saturated rings. The second-order valence-electron chi connectivity index (χ2n) is 0. The van der Waals surface area contributed by atoms with Gasteiger partial charge in [-0.25, -0.2) is 0 Å². The zero-order chi connectivity index (χ0) is 0. The number of rotatable bonds is 0. The van der Waals surface area contributed by atoms with Crippen molar-refractivity contribution in [2.45, 2.75) is 0 Å². The average molecular weight is 752 g/mol. The van der Waals surface area contributed by atoms with Gasteiger partial charge in [-0.1, -0.05) is 0 Å². The van der Waals surface area contributed by atoms with Gasteiger partial charge in [0, 0.05) is 117 Å². The second-order valence-corrected chi connectivity index (χ2v) is 0. The summed E-state index contributed by atoms with van der Waals surface area (Å²) in [5, 5.41) is 0. The van der Waals surface area contributed by atoms with Crippen molar-refractivity contribution in [3.8, 4) is 0 Å². The van der Waals surface area contributed by atoms with Gasteiger partial charge in [-0.2, -0.15) is 0 Å². The number of hydrogen-bond acceptors (Lipinski definition) is 0. The van der Waals surface area contributed by atoms with Crippen LogP contribution in [0.3, 0.4) is 0 Å². The first-order chi connectivity index (χ1) is 0. The first kappa shape index (κ1) is 24.6. The molecule has 0 aliphatic rings. The summed E-state index contributed by atoms with van der Waals surface area (Å²) in [6.07, 6.45) is 0. The van der Waals surface area contributed by atoms with E-state index < -0.39 is 0 Å². The Labute approximate surface area is 114 Å². The molecule has 0 bridgehead atoms. The third-order valence-corrected chi connectivity index (χ3v) is 0. The quantitative estimate of drug-likeness (QED) is 0.275. The summed E-state index contributed by atoms with van der Waals surface area (Å²) in [5.74, 6) is 0. The van der Waals surface area contributed by atoms with Crippen molar-refractivity contribution >= 4 is 81.9 Å². The van der Waals surface area contributed by atoms with Crippen LogP contribution in [0.25, 0.3) is 0 Å². The maximum Gasteiger partial charge on any atom is 0 e. The molecule has 0 aliphatic carbocycles. The molecule has 0 saturated heterocycles. The summed E-state index contributed by atoms with van der Waals surface area (Å²) in [7, 11) is 0. The van der Waals surface area contributed by atoms with Crippen LogP contribution < -0.4 is 0 Å². The van der Waals surface area contributed by atoms with E-state index in [1.165, 1.54) is 0 Å². The van der Waals surface area contributed by atoms with Gasteiger partial charge in [0.1, 0.15) is 0 Å². The van der Waals surface area contributed by atoms with E-state index in [-0.39, 0.29) is 117 Å². The van der Waals surface area contributed by atoms with Crippen LogP contribution in [-0.2, 0) is 0 Å². The van der Waals surface area contributed by atoms with Gasteiger partial charge in [0.15, 0.2) is 0 Å². The van der Waals surface area contributed by atoms with E-state index in [4.69, 9.17) is 0 Å². The molecule has 0 atom stereocenters. The molecule has 0 aliphatic heterocycles. The predicted octanol–water partition coefficient (Wildman–Crippen LogP) is -1.14. The molecule has 0 amide bonds. The molecule has 4 heavy (non-hydrogen) atoms. The fraction of sp³-hybridized carbons (Fsp3) is 0. The van der Waals surface area contributed by atoms with E-state index in [1.54, 1.807) is 0 Å². The molecule has 0 aromatic carbocycles. The van der Waals surface area contributed by atoms with Crippen LogP contribution in [0.2, 0.25) is 0 Å². The van der Waals surface area contributed by atoms with Crippen LogP contribution in [0, 0.1) is 35.6 Å². The summed E-state index contributed by atoms with van der Waals surface area (Å²) in [6, 6.07) is 0. The SMILES string of the molecule is [La].[Tl].[Tl].[Tl]. The molecule has 4 heteroatoms. The van der Waals surface area contributed by atoms with Crippen LogP contribution in [0.15, 0.2) is 0 Å². The minimum Gasteiger partial charge on any atom is 0 e. The van der Waals surface area contributed by atoms with Gasteiger partial charge in [0.05, 0.1) is 0 Å². The molecule has 4 radical (unpaired) electrons. The van der Waals surface area contributed by atoms with Crippen LogP contribution >= 0.6 is 0 Å². The topological polar surface area (TPSA) is 0 Å². The minimum atomic E-state index is 0. The Balaban J connectivity index is 0. The Bertz CT molecular complexity index is 3.25. The summed E-state index contributed by atoms with van der Waals surface area (Å²) in [6.45, 7) is 0. The zero-order valence-corrected chi connectivity index (χ0v) is 19.4. The summed E-state index contributed by atoms with van der Waals surface area (Å²) >= 11 is 0. The van der Waals surface area contributed by atoms with Crippen molar-refractivity contribution in [1.29, 1.82) is 0 Å². The normalized spacial score (nSPS) is 0. The van der Waals surface area contributed by atoms with Crippen molar-refractivity contribution in [3.05, 3.63) is 0 Å². The molecule has 0 aromatic rings. The van der Waals surface area contributed by atoms with E-state index in [1.807, 2.05) is 0 Å². The van der Waals surface area contributed by atoms with E-state index in [0.29, 0.717) is 0 Å². The van der Waals surface area contributed by atoms with Crippen molar-refractivity contribution < 1.29 is 35.6 Å². The molecule has 0 aromatic heterocycles. The first-order valence-electron chi connectivity index (χ1n) is 0. The van der Waals surface area contributed by atoms with Gasteiger partial charge < -0.3 is 0 Å². The molecule has 0 rings (SSSR count). The van der Waals surface area contributed by atoms with Crippen molar-refractivity contribution in [2.75, 3.05) is 0 Å². The van der Waals surface area contributed by atoms with Crippen molar-refractivity contribution in [2.24, 2.45) is 0 Å². The molecule has 12 valence electrons. The third kappa shape index (κ3) is 9.35. The van der Waals surface area contributed by atoms with E-state index in [9.17, 15) is 0 Å². The van der Waals surface area contributed by atoms with Gasteiger partial charge in [-0.05, 0) is 0 Å². The van der Waals surface area contributed by atoms with E-state index in [0.717, 1.165) is 0 Å². The van der Waals surface area contributed by atoms with Crippen LogP contribution in [0.4, 0.5) is 0 Å². The van der Waals surface area contributed by atoms with Gasteiger partial charge in [0.2, 0.25) is 0 Å². The molecule has 0 nitrogen and oxygen atoms in total. The summed E-state index contributed by atoms with van der Waals surface area (Å²) in [4.78, 5) is 0. The average Bonchev–Trinajstić information content (AvgIpc) is 0. The fourth-order valence-corrected chi connectivity index (χ4v) is 0. The summed E-state index contributed by atoms with van der Waals surface area (Å²) < 4.78 is 0. The smallest absolute Gasteiger partial charge is 0 e. The molecular formula is LaTl3. The van der Waals surface area contributed by atoms with Gasteiger partial charge >= 0.3 is 0 Å². The number of hydrogen-bond donors (Lipinski definition) is 0. The Morgan fingerprint density at radius 2 is 0.500 bits per heavy atom. The first-order valence-corrected chi connectivity index (χ1v) is 0.